The third kappa shape index (κ3) is 4.28. The number of amides is 1. The monoisotopic (exact) mass is 419 g/mol. The third-order valence-electron chi connectivity index (χ3n) is 4.74. The standard InChI is InChI=1S/C23H21N3O5/c1-3-30-17-8-9-20-15(10-17)11-21(31-20)23(28)25-24-12-16-13-26(14-22(27)29-2)19-7-5-4-6-18(16)19/h4-13H,3,14H2,1-2H3,(H,25,28)/b24-12+. The zero-order valence-electron chi connectivity index (χ0n) is 17.1. The lowest BCUT2D eigenvalue weighted by Gasteiger charge is -2.02. The Morgan fingerprint density at radius 1 is 1.19 bits per heavy atom. The number of hydrogen-bond donors (Lipinski definition) is 1. The fraction of sp³-hybridized carbons (Fsp3) is 0.174. The molecule has 0 atom stereocenters. The molecule has 2 aromatic heterocycles. The number of hydrogen-bond acceptors (Lipinski definition) is 6. The van der Waals surface area contributed by atoms with E-state index in [4.69, 9.17) is 13.9 Å². The van der Waals surface area contributed by atoms with E-state index < -0.39 is 5.91 Å². The largest absolute Gasteiger partial charge is 0.494 e. The molecule has 8 nitrogen and oxygen atoms in total. The van der Waals surface area contributed by atoms with Crippen molar-refractivity contribution >= 4 is 40.0 Å². The second-order valence-corrected chi connectivity index (χ2v) is 6.75. The highest BCUT2D eigenvalue weighted by molar-refractivity contribution is 6.01. The van der Waals surface area contributed by atoms with Crippen LogP contribution in [0.3, 0.4) is 0 Å². The Morgan fingerprint density at radius 2 is 2.03 bits per heavy atom. The van der Waals surface area contributed by atoms with Gasteiger partial charge in [0.1, 0.15) is 17.9 Å². The van der Waals surface area contributed by atoms with Crippen molar-refractivity contribution in [3.63, 3.8) is 0 Å². The van der Waals surface area contributed by atoms with Gasteiger partial charge in [-0.1, -0.05) is 18.2 Å². The predicted molar refractivity (Wildman–Crippen MR) is 116 cm³/mol. The number of benzene rings is 2. The molecule has 0 saturated carbocycles. The van der Waals surface area contributed by atoms with Gasteiger partial charge in [0.25, 0.3) is 0 Å². The average Bonchev–Trinajstić information content (AvgIpc) is 3.35. The van der Waals surface area contributed by atoms with Gasteiger partial charge in [0.15, 0.2) is 5.76 Å². The molecule has 0 aliphatic heterocycles. The van der Waals surface area contributed by atoms with Gasteiger partial charge in [0.2, 0.25) is 0 Å². The fourth-order valence-corrected chi connectivity index (χ4v) is 3.32. The first kappa shape index (κ1) is 20.2. The van der Waals surface area contributed by atoms with Crippen molar-refractivity contribution in [1.82, 2.24) is 9.99 Å². The van der Waals surface area contributed by atoms with Crippen LogP contribution in [0.2, 0.25) is 0 Å². The lowest BCUT2D eigenvalue weighted by molar-refractivity contribution is -0.141. The highest BCUT2D eigenvalue weighted by Gasteiger charge is 2.13. The molecular formula is C23H21N3O5. The molecule has 0 aliphatic rings. The van der Waals surface area contributed by atoms with E-state index in [1.54, 1.807) is 29.0 Å². The molecule has 1 amide bonds. The van der Waals surface area contributed by atoms with Crippen LogP contribution in [0.4, 0.5) is 0 Å². The third-order valence-corrected chi connectivity index (χ3v) is 4.74. The van der Waals surface area contributed by atoms with Gasteiger partial charge in [0, 0.05) is 28.0 Å². The molecule has 4 aromatic rings. The number of ether oxygens (including phenoxy) is 2. The van der Waals surface area contributed by atoms with Crippen LogP contribution in [-0.2, 0) is 16.1 Å². The Labute approximate surface area is 178 Å². The lowest BCUT2D eigenvalue weighted by atomic mass is 10.2. The van der Waals surface area contributed by atoms with E-state index in [2.05, 4.69) is 10.5 Å². The number of carbonyl (C=O) groups excluding carboxylic acids is 2. The molecule has 8 heteroatoms. The van der Waals surface area contributed by atoms with Crippen LogP contribution in [0.15, 0.2) is 64.2 Å². The smallest absolute Gasteiger partial charge is 0.325 e. The molecule has 4 rings (SSSR count). The quantitative estimate of drug-likeness (QED) is 0.280. The molecule has 0 unspecified atom stereocenters. The summed E-state index contributed by atoms with van der Waals surface area (Å²) in [4.78, 5) is 24.1. The van der Waals surface area contributed by atoms with Crippen LogP contribution in [-0.4, -0.2) is 36.4 Å². The number of carbonyl (C=O) groups is 2. The first-order chi connectivity index (χ1) is 15.1. The topological polar surface area (TPSA) is 95.1 Å². The molecule has 2 aromatic carbocycles. The Kier molecular flexibility index (Phi) is 5.70. The van der Waals surface area contributed by atoms with E-state index in [1.165, 1.54) is 13.3 Å². The molecule has 158 valence electrons. The molecule has 31 heavy (non-hydrogen) atoms. The molecule has 2 heterocycles. The lowest BCUT2D eigenvalue weighted by Crippen LogP contribution is -2.16. The minimum atomic E-state index is -0.469. The normalized spacial score (nSPS) is 11.3. The van der Waals surface area contributed by atoms with Crippen molar-refractivity contribution in [2.45, 2.75) is 13.5 Å². The van der Waals surface area contributed by atoms with Gasteiger partial charge in [0.05, 0.1) is 19.9 Å². The Balaban J connectivity index is 1.52. The summed E-state index contributed by atoms with van der Waals surface area (Å²) in [5.74, 6) is 0.0386. The summed E-state index contributed by atoms with van der Waals surface area (Å²) in [5.41, 5.74) is 4.68. The van der Waals surface area contributed by atoms with Gasteiger partial charge in [-0.3, -0.25) is 9.59 Å². The van der Waals surface area contributed by atoms with Crippen LogP contribution < -0.4 is 10.2 Å². The molecule has 0 radical (unpaired) electrons. The maximum Gasteiger partial charge on any atom is 0.325 e. The average molecular weight is 419 g/mol. The number of para-hydroxylation sites is 1. The van der Waals surface area contributed by atoms with Crippen molar-refractivity contribution in [2.24, 2.45) is 5.10 Å². The molecule has 1 N–H and O–H groups in total. The van der Waals surface area contributed by atoms with Gasteiger partial charge < -0.3 is 18.5 Å². The van der Waals surface area contributed by atoms with Crippen molar-refractivity contribution in [3.8, 4) is 5.75 Å². The number of hydrazone groups is 1. The first-order valence-corrected chi connectivity index (χ1v) is 9.73. The summed E-state index contributed by atoms with van der Waals surface area (Å²) in [7, 11) is 1.35. The van der Waals surface area contributed by atoms with Crippen molar-refractivity contribution < 1.29 is 23.5 Å². The minimum absolute atomic E-state index is 0.0833. The predicted octanol–water partition coefficient (Wildman–Crippen LogP) is 3.72. The van der Waals surface area contributed by atoms with Crippen LogP contribution >= 0.6 is 0 Å². The molecule has 0 aliphatic carbocycles. The van der Waals surface area contributed by atoms with E-state index in [9.17, 15) is 9.59 Å². The summed E-state index contributed by atoms with van der Waals surface area (Å²) in [5, 5.41) is 5.73. The number of nitrogens with zero attached hydrogens (tertiary/aromatic N) is 2. The van der Waals surface area contributed by atoms with Gasteiger partial charge >= 0.3 is 11.9 Å². The maximum absolute atomic E-state index is 12.5. The van der Waals surface area contributed by atoms with E-state index in [0.717, 1.165) is 21.9 Å². The summed E-state index contributed by atoms with van der Waals surface area (Å²) in [6.07, 6.45) is 3.32. The summed E-state index contributed by atoms with van der Waals surface area (Å²) >= 11 is 0. The highest BCUT2D eigenvalue weighted by atomic mass is 16.5. The van der Waals surface area contributed by atoms with Crippen LogP contribution in [0.25, 0.3) is 21.9 Å². The Hall–Kier alpha value is -4.07. The SMILES string of the molecule is CCOc1ccc2oc(C(=O)N/N=C/c3cn(CC(=O)OC)c4ccccc34)cc2c1. The Morgan fingerprint density at radius 3 is 2.84 bits per heavy atom. The first-order valence-electron chi connectivity index (χ1n) is 9.73. The van der Waals surface area contributed by atoms with Crippen LogP contribution in [0.5, 0.6) is 5.75 Å². The summed E-state index contributed by atoms with van der Waals surface area (Å²) in [6.45, 7) is 2.55. The fourth-order valence-electron chi connectivity index (χ4n) is 3.32. The van der Waals surface area contributed by atoms with E-state index in [-0.39, 0.29) is 18.3 Å². The van der Waals surface area contributed by atoms with Crippen LogP contribution in [0, 0.1) is 0 Å². The molecular weight excluding hydrogens is 398 g/mol. The summed E-state index contributed by atoms with van der Waals surface area (Å²) < 4.78 is 17.6. The van der Waals surface area contributed by atoms with Gasteiger partial charge in [-0.2, -0.15) is 5.10 Å². The van der Waals surface area contributed by atoms with Gasteiger partial charge in [-0.25, -0.2) is 5.43 Å². The van der Waals surface area contributed by atoms with Crippen molar-refractivity contribution in [3.05, 3.63) is 66.1 Å². The number of nitrogens with one attached hydrogen (secondary N) is 1. The molecule has 0 fully saturated rings. The number of rotatable bonds is 7. The van der Waals surface area contributed by atoms with Crippen LogP contribution in [0.1, 0.15) is 23.0 Å². The van der Waals surface area contributed by atoms with Gasteiger partial charge in [-0.05, 0) is 37.3 Å². The number of methoxy groups -OCH3 is 1. The second kappa shape index (κ2) is 8.74. The number of esters is 1. The zero-order chi connectivity index (χ0) is 21.8. The van der Waals surface area contributed by atoms with E-state index in [1.807, 2.05) is 37.3 Å². The number of aromatic nitrogens is 1. The summed E-state index contributed by atoms with van der Waals surface area (Å²) in [6, 6.07) is 14.6. The Bertz CT molecular complexity index is 1290. The molecule has 0 bridgehead atoms. The number of fused-ring (bicyclic) bond motifs is 2. The zero-order valence-corrected chi connectivity index (χ0v) is 17.1. The van der Waals surface area contributed by atoms with Crippen molar-refractivity contribution in [2.75, 3.05) is 13.7 Å². The second-order valence-electron chi connectivity index (χ2n) is 6.75. The highest BCUT2D eigenvalue weighted by Crippen LogP contribution is 2.24. The minimum Gasteiger partial charge on any atom is -0.494 e. The van der Waals surface area contributed by atoms with E-state index >= 15 is 0 Å². The van der Waals surface area contributed by atoms with E-state index in [0.29, 0.717) is 17.9 Å². The molecule has 0 saturated heterocycles. The number of furan rings is 1. The van der Waals surface area contributed by atoms with Gasteiger partial charge in [-0.15, -0.1) is 0 Å². The van der Waals surface area contributed by atoms with Crippen molar-refractivity contribution in [1.29, 1.82) is 0 Å². The molecule has 0 spiro atoms. The maximum atomic E-state index is 12.5.